The van der Waals surface area contributed by atoms with E-state index in [1.165, 1.54) is 17.5 Å². The number of fused-ring (bicyclic) bond motifs is 1. The minimum Gasteiger partial charge on any atom is -1.00 e. The van der Waals surface area contributed by atoms with E-state index >= 15 is 0 Å². The minimum atomic E-state index is 0. The maximum Gasteiger partial charge on any atom is -1.00 e. The molecule has 2 aliphatic carbocycles. The van der Waals surface area contributed by atoms with Crippen LogP contribution in [0.3, 0.4) is 0 Å². The Hall–Kier alpha value is -0.496. The zero-order valence-electron chi connectivity index (χ0n) is 15.2. The Bertz CT molecular complexity index is 718. The van der Waals surface area contributed by atoms with Crippen molar-refractivity contribution in [2.45, 2.75) is 23.0 Å². The summed E-state index contributed by atoms with van der Waals surface area (Å²) in [7, 11) is 0. The van der Waals surface area contributed by atoms with Gasteiger partial charge in [-0.3, -0.25) is 0 Å². The van der Waals surface area contributed by atoms with E-state index in [0.717, 1.165) is 0 Å². The summed E-state index contributed by atoms with van der Waals surface area (Å²) in [5.74, 6) is 1.95. The van der Waals surface area contributed by atoms with Crippen LogP contribution in [-0.2, 0) is 25.9 Å². The molecule has 0 bridgehead atoms. The predicted molar refractivity (Wildman–Crippen MR) is 96.5 cm³/mol. The number of hydrogen-bond donors (Lipinski definition) is 0. The molecule has 0 N–H and O–H groups in total. The van der Waals surface area contributed by atoms with Gasteiger partial charge in [0.1, 0.15) is 0 Å². The van der Waals surface area contributed by atoms with E-state index in [-0.39, 0.29) is 42.6 Å². The van der Waals surface area contributed by atoms with Crippen molar-refractivity contribution in [1.29, 1.82) is 0 Å². The fraction of sp³-hybridized carbons (Fsp3) is 0.304. The molecule has 0 aliphatic heterocycles. The molecule has 0 spiro atoms. The molecule has 140 valence electrons. The Labute approximate surface area is 193 Å². The summed E-state index contributed by atoms with van der Waals surface area (Å²) in [5.41, 5.74) is 2.92. The Morgan fingerprint density at radius 2 is 1.26 bits per heavy atom. The van der Waals surface area contributed by atoms with Crippen LogP contribution in [0.15, 0.2) is 85.0 Å². The fourth-order valence-electron chi connectivity index (χ4n) is 4.91. The average molecular weight is 454 g/mol. The molecule has 0 heterocycles. The maximum absolute atomic E-state index is 2.47. The van der Waals surface area contributed by atoms with Gasteiger partial charge < -0.3 is 37.2 Å². The molecular formula is C23H23Cl3Ti. The second kappa shape index (κ2) is 10.3. The molecule has 0 amide bonds. The first-order valence-electron chi connectivity index (χ1n) is 8.88. The Morgan fingerprint density at radius 1 is 0.778 bits per heavy atom. The van der Waals surface area contributed by atoms with Gasteiger partial charge in [0.15, 0.2) is 0 Å². The zero-order valence-corrected chi connectivity index (χ0v) is 19.1. The minimum absolute atomic E-state index is 0. The second-order valence-electron chi connectivity index (χ2n) is 7.31. The van der Waals surface area contributed by atoms with Gasteiger partial charge in [0.2, 0.25) is 0 Å². The van der Waals surface area contributed by atoms with Gasteiger partial charge >= 0.3 is 157 Å². The van der Waals surface area contributed by atoms with Crippen LogP contribution < -0.4 is 37.2 Å². The second-order valence-corrected chi connectivity index (χ2v) is 8.47. The average Bonchev–Trinajstić information content (AvgIpc) is 2.99. The third kappa shape index (κ3) is 4.41. The van der Waals surface area contributed by atoms with Crippen molar-refractivity contribution >= 4 is 0 Å². The first-order valence-corrected chi connectivity index (χ1v) is 9.78. The van der Waals surface area contributed by atoms with Gasteiger partial charge in [0, 0.05) is 0 Å². The summed E-state index contributed by atoms with van der Waals surface area (Å²) in [6.45, 7) is 2.47. The third-order valence-corrected chi connectivity index (χ3v) is 7.01. The Morgan fingerprint density at radius 3 is 1.78 bits per heavy atom. The van der Waals surface area contributed by atoms with Gasteiger partial charge in [0.05, 0.1) is 0 Å². The molecule has 4 unspecified atom stereocenters. The fourth-order valence-corrected chi connectivity index (χ4v) is 6.20. The number of benzene rings is 2. The molecule has 27 heavy (non-hydrogen) atoms. The van der Waals surface area contributed by atoms with Crippen molar-refractivity contribution in [3.63, 3.8) is 0 Å². The summed E-state index contributed by atoms with van der Waals surface area (Å²) < 4.78 is 0.706. The van der Waals surface area contributed by atoms with Crippen molar-refractivity contribution in [3.8, 4) is 0 Å². The van der Waals surface area contributed by atoms with Crippen LogP contribution in [0.5, 0.6) is 0 Å². The Kier molecular flexibility index (Phi) is 9.39. The van der Waals surface area contributed by atoms with Crippen molar-refractivity contribution in [3.05, 3.63) is 96.1 Å². The molecule has 0 nitrogen and oxygen atoms in total. The van der Waals surface area contributed by atoms with E-state index in [1.54, 1.807) is 0 Å². The number of halogens is 3. The molecule has 0 aromatic heterocycles. The van der Waals surface area contributed by atoms with E-state index in [4.69, 9.17) is 0 Å². The number of allylic oxidation sites excluding steroid dienone is 4. The van der Waals surface area contributed by atoms with Crippen molar-refractivity contribution in [2.24, 2.45) is 17.8 Å². The van der Waals surface area contributed by atoms with E-state index in [1.807, 2.05) is 0 Å². The largest absolute Gasteiger partial charge is 1.00 e. The van der Waals surface area contributed by atoms with Crippen LogP contribution in [0.2, 0.25) is 4.22 Å². The SMILES string of the molecule is CC(c1ccccc1)(c1ccccc1)C1[CH]([Ti+3])CC2C=CC=CC21.[Cl-].[Cl-].[Cl-]. The van der Waals surface area contributed by atoms with E-state index in [9.17, 15) is 0 Å². The van der Waals surface area contributed by atoms with Crippen LogP contribution in [0.4, 0.5) is 0 Å². The van der Waals surface area contributed by atoms with Crippen LogP contribution in [-0.4, -0.2) is 0 Å². The smallest absolute Gasteiger partial charge is 1.00 e. The molecule has 4 atom stereocenters. The van der Waals surface area contributed by atoms with Crippen LogP contribution in [0.1, 0.15) is 24.5 Å². The monoisotopic (exact) mass is 452 g/mol. The summed E-state index contributed by atoms with van der Waals surface area (Å²) in [6, 6.07) is 22.2. The predicted octanol–water partition coefficient (Wildman–Crippen LogP) is -3.28. The molecule has 1 saturated carbocycles. The molecule has 4 rings (SSSR count). The summed E-state index contributed by atoms with van der Waals surface area (Å²) in [5, 5.41) is 0. The van der Waals surface area contributed by atoms with Gasteiger partial charge in [-0.05, 0) is 0 Å². The van der Waals surface area contributed by atoms with Crippen LogP contribution in [0.25, 0.3) is 0 Å². The van der Waals surface area contributed by atoms with Gasteiger partial charge in [-0.1, -0.05) is 0 Å². The van der Waals surface area contributed by atoms with Gasteiger partial charge in [-0.25, -0.2) is 0 Å². The number of rotatable bonds is 3. The van der Waals surface area contributed by atoms with E-state index < -0.39 is 0 Å². The topological polar surface area (TPSA) is 0 Å². The van der Waals surface area contributed by atoms with E-state index in [0.29, 0.717) is 22.0 Å². The standard InChI is InChI=1S/C23H23.3ClH.Ti/c1-23(19-11-4-2-5-12-19,20-13-6-3-7-14-20)22-17-16-18-10-8-9-15-21(18)22;;;;/h2-15,17-18,21-22H,16H2,1H3;3*1H;/q;;;;+3/p-3. The molecule has 2 aliphatic rings. The van der Waals surface area contributed by atoms with Crippen molar-refractivity contribution in [2.75, 3.05) is 0 Å². The first kappa shape index (κ1) is 24.5. The van der Waals surface area contributed by atoms with Crippen molar-refractivity contribution in [1.82, 2.24) is 0 Å². The first-order chi connectivity index (χ1) is 11.7. The number of hydrogen-bond acceptors (Lipinski definition) is 0. The van der Waals surface area contributed by atoms with Gasteiger partial charge in [-0.2, -0.15) is 0 Å². The summed E-state index contributed by atoms with van der Waals surface area (Å²) in [4.78, 5) is 0. The molecule has 4 heteroatoms. The molecule has 0 saturated heterocycles. The van der Waals surface area contributed by atoms with E-state index in [2.05, 4.69) is 112 Å². The van der Waals surface area contributed by atoms with Crippen LogP contribution in [0, 0.1) is 17.8 Å². The third-order valence-electron chi connectivity index (χ3n) is 6.09. The Balaban J connectivity index is 0.00000121. The van der Waals surface area contributed by atoms with Crippen LogP contribution >= 0.6 is 0 Å². The van der Waals surface area contributed by atoms with Gasteiger partial charge in [-0.15, -0.1) is 0 Å². The molecule has 2 aromatic carbocycles. The zero-order chi connectivity index (χ0) is 16.6. The van der Waals surface area contributed by atoms with Crippen molar-refractivity contribution < 1.29 is 57.7 Å². The van der Waals surface area contributed by atoms with Gasteiger partial charge in [0.25, 0.3) is 0 Å². The quantitative estimate of drug-likeness (QED) is 0.428. The summed E-state index contributed by atoms with van der Waals surface area (Å²) >= 11 is 2.45. The maximum atomic E-state index is 2.47. The normalized spacial score (nSPS) is 25.6. The molecule has 2 aromatic rings. The summed E-state index contributed by atoms with van der Waals surface area (Å²) in [6.07, 6.45) is 10.7. The molecular weight excluding hydrogens is 430 g/mol. The molecule has 0 radical (unpaired) electrons. The molecule has 1 fully saturated rings.